The molecule has 0 radical (unpaired) electrons. The second-order valence-corrected chi connectivity index (χ2v) is 2.30. The summed E-state index contributed by atoms with van der Waals surface area (Å²) in [4.78, 5) is 0. The summed E-state index contributed by atoms with van der Waals surface area (Å²) in [5, 5.41) is 0.801. The molecule has 0 N–H and O–H groups in total. The summed E-state index contributed by atoms with van der Waals surface area (Å²) in [6.07, 6.45) is 4.73. The lowest BCUT2D eigenvalue weighted by Crippen LogP contribution is -1.75. The van der Waals surface area contributed by atoms with Gasteiger partial charge in [0.1, 0.15) is 0 Å². The topological polar surface area (TPSA) is 0 Å². The molecule has 0 saturated carbocycles. The van der Waals surface area contributed by atoms with Crippen molar-refractivity contribution in [3.05, 3.63) is 28.5 Å². The van der Waals surface area contributed by atoms with Crippen molar-refractivity contribution in [1.29, 1.82) is 0 Å². The van der Waals surface area contributed by atoms with E-state index in [-0.39, 0.29) is 0 Å². The molecule has 0 amide bonds. The normalized spacial score (nSPS) is 17.8. The summed E-state index contributed by atoms with van der Waals surface area (Å²) in [5.74, 6) is 0. The van der Waals surface area contributed by atoms with Crippen molar-refractivity contribution in [3.8, 4) is 0 Å². The Labute approximate surface area is 54.2 Å². The van der Waals surface area contributed by atoms with Crippen LogP contribution in [0.4, 0.5) is 0 Å². The van der Waals surface area contributed by atoms with Crippen LogP contribution in [0, 0.1) is 0 Å². The van der Waals surface area contributed by atoms with Gasteiger partial charge in [-0.25, -0.2) is 0 Å². The third kappa shape index (κ3) is 1.26. The molecule has 8 heavy (non-hydrogen) atoms. The Morgan fingerprint density at radius 2 is 2.50 bits per heavy atom. The molecule has 0 nitrogen and oxygen atoms in total. The molecule has 0 spiro atoms. The molecule has 1 heteroatoms. The molecule has 0 unspecified atom stereocenters. The monoisotopic (exact) mass is 126 g/mol. The lowest BCUT2D eigenvalue weighted by molar-refractivity contribution is 1.20. The average molecular weight is 127 g/mol. The summed E-state index contributed by atoms with van der Waals surface area (Å²) in [6.45, 7) is 2.04. The molecular weight excluding hydrogens is 120 g/mol. The van der Waals surface area contributed by atoms with Crippen LogP contribution < -0.4 is 0 Å². The van der Waals surface area contributed by atoms with Gasteiger partial charge in [0.25, 0.3) is 0 Å². The van der Waals surface area contributed by atoms with Gasteiger partial charge in [0.05, 0.1) is 0 Å². The van der Waals surface area contributed by atoms with Gasteiger partial charge < -0.3 is 0 Å². The van der Waals surface area contributed by atoms with Gasteiger partial charge in [0.15, 0.2) is 0 Å². The molecule has 1 aliphatic rings. The zero-order chi connectivity index (χ0) is 5.98. The van der Waals surface area contributed by atoms with Gasteiger partial charge in [-0.05, 0) is 25.0 Å². The second-order valence-electron chi connectivity index (χ2n) is 1.86. The third-order valence-electron chi connectivity index (χ3n) is 1.06. The molecule has 0 saturated heterocycles. The smallest absolute Gasteiger partial charge is 0.0446 e. The average Bonchev–Trinajstić information content (AvgIpc) is 1.77. The first-order chi connectivity index (χ1) is 3.79. The molecule has 0 atom stereocenters. The quantitative estimate of drug-likeness (QED) is 0.438. The van der Waals surface area contributed by atoms with Gasteiger partial charge in [-0.3, -0.25) is 0 Å². The maximum atomic E-state index is 5.61. The molecule has 0 bridgehead atoms. The van der Waals surface area contributed by atoms with Crippen molar-refractivity contribution in [2.45, 2.75) is 13.3 Å². The fourth-order valence-electron chi connectivity index (χ4n) is 0.561. The predicted molar refractivity (Wildman–Crippen MR) is 35.8 cm³/mol. The van der Waals surface area contributed by atoms with Crippen LogP contribution in [-0.4, -0.2) is 0 Å². The summed E-state index contributed by atoms with van der Waals surface area (Å²) in [7, 11) is 0. The minimum atomic E-state index is 0.801. The first kappa shape index (κ1) is 5.68. The Kier molecular flexibility index (Phi) is 1.57. The standard InChI is InChI=1S/C7H7Cl/c1-6-2-4-7(8)5-3-6/h4-5H,2H2,1H3. The summed E-state index contributed by atoms with van der Waals surface area (Å²) in [5.41, 5.74) is 4.27. The van der Waals surface area contributed by atoms with Crippen LogP contribution in [0.3, 0.4) is 0 Å². The maximum absolute atomic E-state index is 5.61. The van der Waals surface area contributed by atoms with Gasteiger partial charge in [-0.2, -0.15) is 0 Å². The van der Waals surface area contributed by atoms with Crippen LogP contribution in [0.2, 0.25) is 0 Å². The molecule has 1 rings (SSSR count). The first-order valence-corrected chi connectivity index (χ1v) is 2.94. The van der Waals surface area contributed by atoms with E-state index < -0.39 is 0 Å². The highest BCUT2D eigenvalue weighted by Gasteiger charge is 1.91. The van der Waals surface area contributed by atoms with E-state index in [2.05, 4.69) is 5.73 Å². The minimum Gasteiger partial charge on any atom is -0.120 e. The fourth-order valence-corrected chi connectivity index (χ4v) is 0.692. The van der Waals surface area contributed by atoms with Crippen LogP contribution in [0.25, 0.3) is 0 Å². The van der Waals surface area contributed by atoms with E-state index in [4.69, 9.17) is 11.6 Å². The maximum Gasteiger partial charge on any atom is 0.0446 e. The number of hydrogen-bond acceptors (Lipinski definition) is 0. The van der Waals surface area contributed by atoms with Crippen molar-refractivity contribution in [2.75, 3.05) is 0 Å². The summed E-state index contributed by atoms with van der Waals surface area (Å²) in [6, 6.07) is 0. The molecule has 0 aliphatic heterocycles. The highest BCUT2D eigenvalue weighted by Crippen LogP contribution is 2.12. The van der Waals surface area contributed by atoms with Crippen molar-refractivity contribution in [1.82, 2.24) is 0 Å². The van der Waals surface area contributed by atoms with Crippen LogP contribution in [0.1, 0.15) is 13.3 Å². The van der Waals surface area contributed by atoms with Crippen molar-refractivity contribution in [2.24, 2.45) is 0 Å². The van der Waals surface area contributed by atoms with Gasteiger partial charge >= 0.3 is 0 Å². The highest BCUT2D eigenvalue weighted by molar-refractivity contribution is 6.31. The van der Waals surface area contributed by atoms with Crippen LogP contribution in [0.15, 0.2) is 28.5 Å². The van der Waals surface area contributed by atoms with E-state index in [9.17, 15) is 0 Å². The second kappa shape index (κ2) is 2.21. The molecule has 0 aromatic rings. The SMILES string of the molecule is CC1=C=CC(Cl)=CC1. The van der Waals surface area contributed by atoms with E-state index in [0.29, 0.717) is 0 Å². The van der Waals surface area contributed by atoms with E-state index in [1.54, 1.807) is 6.08 Å². The molecule has 1 aliphatic carbocycles. The third-order valence-corrected chi connectivity index (χ3v) is 1.32. The van der Waals surface area contributed by atoms with Crippen LogP contribution in [-0.2, 0) is 0 Å². The number of hydrogen-bond donors (Lipinski definition) is 0. The van der Waals surface area contributed by atoms with Crippen molar-refractivity contribution < 1.29 is 0 Å². The predicted octanol–water partition coefficient (Wildman–Crippen LogP) is 2.61. The first-order valence-electron chi connectivity index (χ1n) is 2.57. The van der Waals surface area contributed by atoms with Crippen molar-refractivity contribution in [3.63, 3.8) is 0 Å². The van der Waals surface area contributed by atoms with Gasteiger partial charge in [-0.1, -0.05) is 17.7 Å². The van der Waals surface area contributed by atoms with E-state index >= 15 is 0 Å². The van der Waals surface area contributed by atoms with Crippen LogP contribution >= 0.6 is 11.6 Å². The molecule has 0 aromatic heterocycles. The van der Waals surface area contributed by atoms with Gasteiger partial charge in [0, 0.05) is 5.03 Å². The lowest BCUT2D eigenvalue weighted by atomic mass is 10.2. The highest BCUT2D eigenvalue weighted by atomic mass is 35.5. The molecule has 42 valence electrons. The fraction of sp³-hybridized carbons (Fsp3) is 0.286. The largest absolute Gasteiger partial charge is 0.120 e. The molecule has 0 heterocycles. The Bertz CT molecular complexity index is 181. The molecular formula is C7H7Cl. The Morgan fingerprint density at radius 3 is 2.88 bits per heavy atom. The van der Waals surface area contributed by atoms with Gasteiger partial charge in [-0.15, -0.1) is 5.73 Å². The number of rotatable bonds is 0. The number of halogens is 1. The van der Waals surface area contributed by atoms with E-state index in [1.165, 1.54) is 5.57 Å². The summed E-state index contributed by atoms with van der Waals surface area (Å²) < 4.78 is 0. The zero-order valence-electron chi connectivity index (χ0n) is 4.74. The van der Waals surface area contributed by atoms with Crippen molar-refractivity contribution >= 4 is 11.6 Å². The minimum absolute atomic E-state index is 0.801. The lowest BCUT2D eigenvalue weighted by Gasteiger charge is -1.95. The Hall–Kier alpha value is -0.450. The van der Waals surface area contributed by atoms with Gasteiger partial charge in [0.2, 0.25) is 0 Å². The Morgan fingerprint density at radius 1 is 1.75 bits per heavy atom. The van der Waals surface area contributed by atoms with E-state index in [0.717, 1.165) is 11.5 Å². The number of allylic oxidation sites excluding steroid dienone is 3. The zero-order valence-corrected chi connectivity index (χ0v) is 5.50. The molecule has 0 aromatic carbocycles. The molecule has 0 fully saturated rings. The van der Waals surface area contributed by atoms with E-state index in [1.807, 2.05) is 13.0 Å². The Balaban J connectivity index is 2.86. The van der Waals surface area contributed by atoms with Crippen LogP contribution in [0.5, 0.6) is 0 Å². The summed E-state index contributed by atoms with van der Waals surface area (Å²) >= 11 is 5.61.